The van der Waals surface area contributed by atoms with Crippen LogP contribution < -0.4 is 4.74 Å². The molecule has 1 saturated carbocycles. The van der Waals surface area contributed by atoms with E-state index in [1.54, 1.807) is 18.2 Å². The van der Waals surface area contributed by atoms with E-state index in [2.05, 4.69) is 6.92 Å². The summed E-state index contributed by atoms with van der Waals surface area (Å²) >= 11 is 0. The fourth-order valence-corrected chi connectivity index (χ4v) is 2.91. The highest BCUT2D eigenvalue weighted by Gasteiger charge is 2.25. The van der Waals surface area contributed by atoms with E-state index in [4.69, 9.17) is 4.74 Å². The van der Waals surface area contributed by atoms with Gasteiger partial charge in [0.25, 0.3) is 0 Å². The molecule has 1 aromatic rings. The highest BCUT2D eigenvalue weighted by Crippen LogP contribution is 2.30. The number of methoxy groups -OCH3 is 1. The Bertz CT molecular complexity index is 456. The molecule has 2 atom stereocenters. The Hall–Kier alpha value is -1.38. The monoisotopic (exact) mass is 264 g/mol. The normalized spacial score (nSPS) is 23.1. The zero-order valence-corrected chi connectivity index (χ0v) is 11.6. The molecule has 3 heteroatoms. The average Bonchev–Trinajstić information content (AvgIpc) is 2.41. The fourth-order valence-electron chi connectivity index (χ4n) is 2.91. The molecule has 1 aliphatic carbocycles. The minimum Gasteiger partial charge on any atom is -0.494 e. The Morgan fingerprint density at radius 2 is 2.21 bits per heavy atom. The van der Waals surface area contributed by atoms with Crippen molar-refractivity contribution in [1.82, 2.24) is 0 Å². The molecule has 0 heterocycles. The molecule has 2 unspecified atom stereocenters. The maximum atomic E-state index is 14.0. The number of ketones is 1. The summed E-state index contributed by atoms with van der Waals surface area (Å²) < 4.78 is 18.9. The molecule has 0 aliphatic heterocycles. The average molecular weight is 264 g/mol. The van der Waals surface area contributed by atoms with Gasteiger partial charge in [-0.15, -0.1) is 0 Å². The molecule has 0 amide bonds. The summed E-state index contributed by atoms with van der Waals surface area (Å²) in [7, 11) is 1.44. The number of carbonyl (C=O) groups excluding carboxylic acids is 1. The van der Waals surface area contributed by atoms with Crippen molar-refractivity contribution in [2.24, 2.45) is 11.8 Å². The molecular weight excluding hydrogens is 243 g/mol. The SMILES string of the molecule is COc1cccc(CC(=O)C2CCCC(C)C2)c1F. The van der Waals surface area contributed by atoms with Gasteiger partial charge in [0.1, 0.15) is 5.78 Å². The molecule has 1 aliphatic rings. The lowest BCUT2D eigenvalue weighted by molar-refractivity contribution is -0.123. The number of carbonyl (C=O) groups is 1. The zero-order chi connectivity index (χ0) is 13.8. The lowest BCUT2D eigenvalue weighted by Gasteiger charge is -2.25. The van der Waals surface area contributed by atoms with E-state index in [-0.39, 0.29) is 23.9 Å². The van der Waals surface area contributed by atoms with Crippen molar-refractivity contribution in [2.45, 2.75) is 39.0 Å². The van der Waals surface area contributed by atoms with Gasteiger partial charge in [0.15, 0.2) is 11.6 Å². The van der Waals surface area contributed by atoms with Gasteiger partial charge >= 0.3 is 0 Å². The third kappa shape index (κ3) is 3.34. The molecule has 0 aromatic heterocycles. The lowest BCUT2D eigenvalue weighted by atomic mass is 9.79. The molecule has 0 spiro atoms. The highest BCUT2D eigenvalue weighted by atomic mass is 19.1. The van der Waals surface area contributed by atoms with Crippen LogP contribution in [0.25, 0.3) is 0 Å². The third-order valence-corrected chi connectivity index (χ3v) is 4.02. The van der Waals surface area contributed by atoms with E-state index in [9.17, 15) is 9.18 Å². The third-order valence-electron chi connectivity index (χ3n) is 4.02. The zero-order valence-electron chi connectivity index (χ0n) is 11.6. The number of halogens is 1. The second kappa shape index (κ2) is 6.18. The number of rotatable bonds is 4. The number of ether oxygens (including phenoxy) is 1. The van der Waals surface area contributed by atoms with Gasteiger partial charge in [-0.1, -0.05) is 31.9 Å². The van der Waals surface area contributed by atoms with Gasteiger partial charge in [-0.3, -0.25) is 4.79 Å². The fraction of sp³-hybridized carbons (Fsp3) is 0.562. The Balaban J connectivity index is 2.06. The van der Waals surface area contributed by atoms with E-state index >= 15 is 0 Å². The van der Waals surface area contributed by atoms with Gasteiger partial charge in [-0.2, -0.15) is 0 Å². The summed E-state index contributed by atoms with van der Waals surface area (Å²) in [6.07, 6.45) is 4.40. The number of Topliss-reactive ketones (excluding diaryl/α,β-unsaturated/α-hetero) is 1. The highest BCUT2D eigenvalue weighted by molar-refractivity contribution is 5.83. The minimum absolute atomic E-state index is 0.106. The molecule has 2 nitrogen and oxygen atoms in total. The standard InChI is InChI=1S/C16H21FO2/c1-11-5-3-6-12(9-11)14(18)10-13-7-4-8-15(19-2)16(13)17/h4,7-8,11-12H,3,5-6,9-10H2,1-2H3. The number of hydrogen-bond acceptors (Lipinski definition) is 2. The summed E-state index contributed by atoms with van der Waals surface area (Å²) in [6, 6.07) is 4.97. The molecule has 0 saturated heterocycles. The van der Waals surface area contributed by atoms with Crippen molar-refractivity contribution >= 4 is 5.78 Å². The summed E-state index contributed by atoms with van der Waals surface area (Å²) in [5, 5.41) is 0. The van der Waals surface area contributed by atoms with Crippen LogP contribution in [-0.4, -0.2) is 12.9 Å². The smallest absolute Gasteiger partial charge is 0.168 e. The van der Waals surface area contributed by atoms with Gasteiger partial charge in [0.05, 0.1) is 7.11 Å². The van der Waals surface area contributed by atoms with Gasteiger partial charge in [-0.05, 0) is 30.4 Å². The Labute approximate surface area is 114 Å². The van der Waals surface area contributed by atoms with Gasteiger partial charge in [-0.25, -0.2) is 4.39 Å². The van der Waals surface area contributed by atoms with Crippen LogP contribution in [0, 0.1) is 17.7 Å². The molecule has 1 fully saturated rings. The van der Waals surface area contributed by atoms with Crippen molar-refractivity contribution in [3.05, 3.63) is 29.6 Å². The molecule has 0 bridgehead atoms. The first-order valence-corrected chi connectivity index (χ1v) is 6.96. The molecule has 104 valence electrons. The van der Waals surface area contributed by atoms with E-state index in [0.29, 0.717) is 11.5 Å². The van der Waals surface area contributed by atoms with Gasteiger partial charge in [0, 0.05) is 12.3 Å². The maximum absolute atomic E-state index is 14.0. The van der Waals surface area contributed by atoms with Crippen molar-refractivity contribution in [2.75, 3.05) is 7.11 Å². The van der Waals surface area contributed by atoms with Crippen molar-refractivity contribution in [1.29, 1.82) is 0 Å². The van der Waals surface area contributed by atoms with Crippen LogP contribution in [0.1, 0.15) is 38.2 Å². The maximum Gasteiger partial charge on any atom is 0.168 e. The Kier molecular flexibility index (Phi) is 4.56. The van der Waals surface area contributed by atoms with E-state index in [1.807, 2.05) is 0 Å². The summed E-state index contributed by atoms with van der Waals surface area (Å²) in [5.41, 5.74) is 0.447. The van der Waals surface area contributed by atoms with Crippen molar-refractivity contribution in [3.8, 4) is 5.75 Å². The predicted molar refractivity (Wildman–Crippen MR) is 72.8 cm³/mol. The molecule has 19 heavy (non-hydrogen) atoms. The molecule has 0 radical (unpaired) electrons. The largest absolute Gasteiger partial charge is 0.494 e. The van der Waals surface area contributed by atoms with Crippen LogP contribution in [-0.2, 0) is 11.2 Å². The summed E-state index contributed by atoms with van der Waals surface area (Å²) in [5.74, 6) is 0.690. The van der Waals surface area contributed by atoms with Crippen LogP contribution in [0.2, 0.25) is 0 Å². The first kappa shape index (κ1) is 14.0. The van der Waals surface area contributed by atoms with E-state index in [1.165, 1.54) is 13.5 Å². The van der Waals surface area contributed by atoms with E-state index in [0.717, 1.165) is 19.3 Å². The van der Waals surface area contributed by atoms with Crippen LogP contribution in [0.15, 0.2) is 18.2 Å². The Morgan fingerprint density at radius 3 is 2.89 bits per heavy atom. The number of benzene rings is 1. The molecule has 0 N–H and O–H groups in total. The summed E-state index contributed by atoms with van der Waals surface area (Å²) in [6.45, 7) is 2.19. The second-order valence-corrected chi connectivity index (χ2v) is 5.55. The van der Waals surface area contributed by atoms with Gasteiger partial charge < -0.3 is 4.74 Å². The van der Waals surface area contributed by atoms with Crippen LogP contribution >= 0.6 is 0 Å². The summed E-state index contributed by atoms with van der Waals surface area (Å²) in [4.78, 5) is 12.3. The van der Waals surface area contributed by atoms with Crippen LogP contribution in [0.3, 0.4) is 0 Å². The molecule has 2 rings (SSSR count). The van der Waals surface area contributed by atoms with Crippen molar-refractivity contribution < 1.29 is 13.9 Å². The first-order valence-electron chi connectivity index (χ1n) is 6.96. The number of hydrogen-bond donors (Lipinski definition) is 0. The van der Waals surface area contributed by atoms with Gasteiger partial charge in [0.2, 0.25) is 0 Å². The van der Waals surface area contributed by atoms with Crippen LogP contribution in [0.4, 0.5) is 4.39 Å². The van der Waals surface area contributed by atoms with Crippen molar-refractivity contribution in [3.63, 3.8) is 0 Å². The Morgan fingerprint density at radius 1 is 1.42 bits per heavy atom. The first-order chi connectivity index (χ1) is 9.11. The van der Waals surface area contributed by atoms with E-state index < -0.39 is 5.82 Å². The molecule has 1 aromatic carbocycles. The van der Waals surface area contributed by atoms with Crippen LogP contribution in [0.5, 0.6) is 5.75 Å². The topological polar surface area (TPSA) is 26.3 Å². The molecular formula is C16H21FO2. The predicted octanol–water partition coefficient (Wildman–Crippen LogP) is 3.77. The second-order valence-electron chi connectivity index (χ2n) is 5.55. The quantitative estimate of drug-likeness (QED) is 0.827. The lowest BCUT2D eigenvalue weighted by Crippen LogP contribution is -2.23. The minimum atomic E-state index is -0.401.